The van der Waals surface area contributed by atoms with Crippen molar-refractivity contribution in [2.45, 2.75) is 64.0 Å². The summed E-state index contributed by atoms with van der Waals surface area (Å²) in [5.74, 6) is -0.0675. The summed E-state index contributed by atoms with van der Waals surface area (Å²) in [5, 5.41) is 3.87. The molecule has 1 amide bonds. The Kier molecular flexibility index (Phi) is 6.70. The van der Waals surface area contributed by atoms with Crippen molar-refractivity contribution >= 4 is 40.8 Å². The fourth-order valence-corrected chi connectivity index (χ4v) is 5.18. The number of halogens is 2. The van der Waals surface area contributed by atoms with Gasteiger partial charge in [0.15, 0.2) is 5.76 Å². The highest BCUT2D eigenvalue weighted by molar-refractivity contribution is 6.38. The Bertz CT molecular complexity index is 859. The van der Waals surface area contributed by atoms with Crippen LogP contribution in [0.3, 0.4) is 0 Å². The Morgan fingerprint density at radius 3 is 2.37 bits per heavy atom. The molecule has 1 aromatic rings. The Morgan fingerprint density at radius 1 is 1.17 bits per heavy atom. The zero-order valence-corrected chi connectivity index (χ0v) is 19.2. The van der Waals surface area contributed by atoms with E-state index in [1.165, 1.54) is 0 Å². The SMILES string of the molecule is CCOC(=O)OC1=C(c2c(C)cc(Cl)cc2Cl)C(=O)NC12CCC(CC)(OC)CC2. The van der Waals surface area contributed by atoms with E-state index in [2.05, 4.69) is 12.2 Å². The third kappa shape index (κ3) is 4.05. The van der Waals surface area contributed by atoms with Crippen LogP contribution in [-0.2, 0) is 19.0 Å². The first-order chi connectivity index (χ1) is 14.2. The standard InChI is InChI=1S/C22H27Cl2NO5/c1-5-21(28-4)7-9-22(10-8-21)18(30-20(27)29-6-2)17(19(26)25-22)16-13(3)11-14(23)12-15(16)24/h11-12H,5-10H2,1-4H3,(H,25,26). The summed E-state index contributed by atoms with van der Waals surface area (Å²) < 4.78 is 16.4. The van der Waals surface area contributed by atoms with Gasteiger partial charge in [0.25, 0.3) is 5.91 Å². The van der Waals surface area contributed by atoms with Crippen LogP contribution >= 0.6 is 23.2 Å². The molecular formula is C22H27Cl2NO5. The molecule has 3 rings (SSSR count). The number of nitrogens with one attached hydrogen (secondary N) is 1. The second kappa shape index (κ2) is 8.77. The average Bonchev–Trinajstić information content (AvgIpc) is 2.94. The van der Waals surface area contributed by atoms with E-state index in [0.29, 0.717) is 28.5 Å². The number of benzene rings is 1. The highest BCUT2D eigenvalue weighted by Gasteiger charge is 2.53. The molecule has 1 saturated carbocycles. The van der Waals surface area contributed by atoms with Gasteiger partial charge in [-0.15, -0.1) is 0 Å². The molecule has 0 aromatic heterocycles. The van der Waals surface area contributed by atoms with Crippen molar-refractivity contribution in [1.82, 2.24) is 5.32 Å². The second-order valence-corrected chi connectivity index (χ2v) is 8.69. The molecule has 30 heavy (non-hydrogen) atoms. The minimum atomic E-state index is -0.845. The quantitative estimate of drug-likeness (QED) is 0.599. The molecule has 6 nitrogen and oxygen atoms in total. The molecule has 0 bridgehead atoms. The second-order valence-electron chi connectivity index (χ2n) is 7.85. The van der Waals surface area contributed by atoms with Gasteiger partial charge in [0.05, 0.1) is 28.3 Å². The van der Waals surface area contributed by atoms with Crippen molar-refractivity contribution < 1.29 is 23.8 Å². The van der Waals surface area contributed by atoms with Crippen molar-refractivity contribution in [3.63, 3.8) is 0 Å². The maximum Gasteiger partial charge on any atom is 0.513 e. The number of hydrogen-bond acceptors (Lipinski definition) is 5. The number of aryl methyl sites for hydroxylation is 1. The number of amides is 1. The third-order valence-electron chi connectivity index (χ3n) is 6.28. The smallest absolute Gasteiger partial charge is 0.434 e. The van der Waals surface area contributed by atoms with Crippen molar-refractivity contribution in [1.29, 1.82) is 0 Å². The first kappa shape index (κ1) is 22.9. The normalized spacial score (nSPS) is 26.1. The maximum absolute atomic E-state index is 13.2. The van der Waals surface area contributed by atoms with Gasteiger partial charge >= 0.3 is 6.16 Å². The first-order valence-corrected chi connectivity index (χ1v) is 10.9. The molecule has 1 aliphatic heterocycles. The maximum atomic E-state index is 13.2. The van der Waals surface area contributed by atoms with E-state index >= 15 is 0 Å². The van der Waals surface area contributed by atoms with Gasteiger partial charge in [-0.1, -0.05) is 30.1 Å². The number of methoxy groups -OCH3 is 1. The summed E-state index contributed by atoms with van der Waals surface area (Å²) in [6.45, 7) is 5.76. The number of hydrogen-bond donors (Lipinski definition) is 1. The van der Waals surface area contributed by atoms with Gasteiger partial charge < -0.3 is 19.5 Å². The summed E-state index contributed by atoms with van der Waals surface area (Å²) in [5.41, 5.74) is 0.417. The largest absolute Gasteiger partial charge is 0.513 e. The average molecular weight is 456 g/mol. The van der Waals surface area contributed by atoms with E-state index in [-0.39, 0.29) is 29.4 Å². The highest BCUT2D eigenvalue weighted by Crippen LogP contribution is 2.48. The summed E-state index contributed by atoms with van der Waals surface area (Å²) in [7, 11) is 1.71. The predicted octanol–water partition coefficient (Wildman–Crippen LogP) is 5.42. The van der Waals surface area contributed by atoms with Crippen molar-refractivity contribution in [3.05, 3.63) is 39.1 Å². The third-order valence-corrected chi connectivity index (χ3v) is 6.80. The number of rotatable bonds is 5. The fraction of sp³-hybridized carbons (Fsp3) is 0.545. The summed E-state index contributed by atoms with van der Waals surface area (Å²) in [6.07, 6.45) is 2.60. The lowest BCUT2D eigenvalue weighted by molar-refractivity contribution is -0.117. The van der Waals surface area contributed by atoms with Gasteiger partial charge in [-0.05, 0) is 63.6 Å². The Morgan fingerprint density at radius 2 is 1.83 bits per heavy atom. The van der Waals surface area contributed by atoms with Crippen molar-refractivity contribution in [3.8, 4) is 0 Å². The molecule has 0 saturated heterocycles. The Balaban J connectivity index is 2.12. The van der Waals surface area contributed by atoms with Gasteiger partial charge in [-0.3, -0.25) is 4.79 Å². The van der Waals surface area contributed by atoms with Gasteiger partial charge in [0.2, 0.25) is 0 Å². The van der Waals surface area contributed by atoms with Crippen LogP contribution in [0, 0.1) is 6.92 Å². The van der Waals surface area contributed by atoms with E-state index in [9.17, 15) is 9.59 Å². The highest BCUT2D eigenvalue weighted by atomic mass is 35.5. The molecule has 0 atom stereocenters. The lowest BCUT2D eigenvalue weighted by Crippen LogP contribution is -2.52. The van der Waals surface area contributed by atoms with E-state index in [0.717, 1.165) is 24.8 Å². The molecule has 0 radical (unpaired) electrons. The summed E-state index contributed by atoms with van der Waals surface area (Å²) in [6, 6.07) is 3.30. The van der Waals surface area contributed by atoms with Gasteiger partial charge in [-0.25, -0.2) is 4.79 Å². The Hall–Kier alpha value is -1.76. The molecule has 2 aliphatic rings. The molecule has 1 N–H and O–H groups in total. The fourth-order valence-electron chi connectivity index (χ4n) is 4.49. The van der Waals surface area contributed by atoms with Crippen molar-refractivity contribution in [2.75, 3.05) is 13.7 Å². The van der Waals surface area contributed by atoms with Gasteiger partial charge in [-0.2, -0.15) is 0 Å². The van der Waals surface area contributed by atoms with E-state index < -0.39 is 11.7 Å². The van der Waals surface area contributed by atoms with E-state index in [4.69, 9.17) is 37.4 Å². The first-order valence-electron chi connectivity index (χ1n) is 10.1. The zero-order valence-electron chi connectivity index (χ0n) is 17.7. The number of carbonyl (C=O) groups is 2. The summed E-state index contributed by atoms with van der Waals surface area (Å²) >= 11 is 12.6. The molecular weight excluding hydrogens is 429 g/mol. The number of ether oxygens (including phenoxy) is 3. The lowest BCUT2D eigenvalue weighted by Gasteiger charge is -2.44. The molecule has 8 heteroatoms. The van der Waals surface area contributed by atoms with Crippen LogP contribution in [0.15, 0.2) is 17.9 Å². The van der Waals surface area contributed by atoms with E-state index in [1.807, 2.05) is 6.92 Å². The van der Waals surface area contributed by atoms with Crippen LogP contribution in [0.4, 0.5) is 4.79 Å². The van der Waals surface area contributed by atoms with Crippen LogP contribution < -0.4 is 5.32 Å². The van der Waals surface area contributed by atoms with Crippen LogP contribution in [0.5, 0.6) is 0 Å². The minimum absolute atomic E-state index is 0.166. The monoisotopic (exact) mass is 455 g/mol. The minimum Gasteiger partial charge on any atom is -0.434 e. The van der Waals surface area contributed by atoms with Gasteiger partial charge in [0.1, 0.15) is 0 Å². The van der Waals surface area contributed by atoms with E-state index in [1.54, 1.807) is 26.2 Å². The zero-order chi connectivity index (χ0) is 22.1. The molecule has 1 spiro atoms. The topological polar surface area (TPSA) is 73.9 Å². The Labute approximate surface area is 186 Å². The molecule has 1 heterocycles. The van der Waals surface area contributed by atoms with Crippen LogP contribution in [-0.4, -0.2) is 36.9 Å². The number of carbonyl (C=O) groups excluding carboxylic acids is 2. The van der Waals surface area contributed by atoms with Crippen LogP contribution in [0.25, 0.3) is 5.57 Å². The molecule has 0 unspecified atom stereocenters. The molecule has 1 fully saturated rings. The predicted molar refractivity (Wildman–Crippen MR) is 116 cm³/mol. The lowest BCUT2D eigenvalue weighted by atomic mass is 9.72. The molecule has 1 aliphatic carbocycles. The summed E-state index contributed by atoms with van der Waals surface area (Å²) in [4.78, 5) is 25.4. The molecule has 1 aromatic carbocycles. The van der Waals surface area contributed by atoms with Crippen LogP contribution in [0.2, 0.25) is 10.0 Å². The van der Waals surface area contributed by atoms with Crippen molar-refractivity contribution in [2.24, 2.45) is 0 Å². The van der Waals surface area contributed by atoms with Gasteiger partial charge in [0, 0.05) is 17.7 Å². The van der Waals surface area contributed by atoms with Crippen LogP contribution in [0.1, 0.15) is 57.1 Å². The molecule has 164 valence electrons.